The second kappa shape index (κ2) is 4.72. The molecule has 0 amide bonds. The van der Waals surface area contributed by atoms with Crippen LogP contribution < -0.4 is 10.5 Å². The molecule has 0 saturated carbocycles. The van der Waals surface area contributed by atoms with Crippen LogP contribution in [0.3, 0.4) is 0 Å². The van der Waals surface area contributed by atoms with Crippen molar-refractivity contribution in [1.82, 2.24) is 9.97 Å². The number of rotatable bonds is 3. The molecule has 0 atom stereocenters. The van der Waals surface area contributed by atoms with Crippen molar-refractivity contribution in [3.05, 3.63) is 42.5 Å². The van der Waals surface area contributed by atoms with E-state index < -0.39 is 0 Å². The number of hydrogen-bond acceptors (Lipinski definition) is 4. The number of aromatic nitrogens is 2. The molecule has 0 aliphatic heterocycles. The molecule has 2 N–H and O–H groups in total. The van der Waals surface area contributed by atoms with Gasteiger partial charge in [-0.3, -0.25) is 0 Å². The van der Waals surface area contributed by atoms with Gasteiger partial charge in [0.05, 0.1) is 13.7 Å². The summed E-state index contributed by atoms with van der Waals surface area (Å²) >= 11 is 0. The van der Waals surface area contributed by atoms with Gasteiger partial charge in [0.15, 0.2) is 0 Å². The molecule has 4 heteroatoms. The van der Waals surface area contributed by atoms with Gasteiger partial charge in [0, 0.05) is 18.0 Å². The van der Waals surface area contributed by atoms with Gasteiger partial charge in [-0.1, -0.05) is 12.1 Å². The van der Waals surface area contributed by atoms with Crippen molar-refractivity contribution in [2.75, 3.05) is 7.11 Å². The van der Waals surface area contributed by atoms with E-state index in [1.807, 2.05) is 24.3 Å². The number of hydrogen-bond donors (Lipinski definition) is 1. The van der Waals surface area contributed by atoms with Crippen LogP contribution in [0.25, 0.3) is 11.1 Å². The Bertz CT molecular complexity index is 468. The van der Waals surface area contributed by atoms with Gasteiger partial charge in [-0.2, -0.15) is 0 Å². The summed E-state index contributed by atoms with van der Waals surface area (Å²) in [4.78, 5) is 8.30. The van der Waals surface area contributed by atoms with Crippen LogP contribution in [0.4, 0.5) is 0 Å². The molecule has 0 spiro atoms. The Kier molecular flexibility index (Phi) is 3.12. The maximum absolute atomic E-state index is 5.44. The fraction of sp³-hybridized carbons (Fsp3) is 0.167. The van der Waals surface area contributed by atoms with Crippen molar-refractivity contribution < 1.29 is 4.74 Å². The standard InChI is InChI=1S/C12H13N3O/c1-16-11-4-2-3-9(5-11)10-7-14-12(6-13)15-8-10/h2-5,7-8H,6,13H2,1H3. The molecule has 0 aliphatic rings. The van der Waals surface area contributed by atoms with Crippen molar-refractivity contribution in [3.8, 4) is 16.9 Å². The van der Waals surface area contributed by atoms with Gasteiger partial charge in [-0.15, -0.1) is 0 Å². The highest BCUT2D eigenvalue weighted by Gasteiger charge is 2.00. The van der Waals surface area contributed by atoms with Crippen LogP contribution >= 0.6 is 0 Å². The third-order valence-electron chi connectivity index (χ3n) is 2.29. The Morgan fingerprint density at radius 1 is 1.19 bits per heavy atom. The zero-order chi connectivity index (χ0) is 11.4. The zero-order valence-electron chi connectivity index (χ0n) is 9.05. The van der Waals surface area contributed by atoms with E-state index in [-0.39, 0.29) is 0 Å². The summed E-state index contributed by atoms with van der Waals surface area (Å²) in [5.74, 6) is 1.46. The Morgan fingerprint density at radius 3 is 2.56 bits per heavy atom. The van der Waals surface area contributed by atoms with Gasteiger partial charge in [-0.25, -0.2) is 9.97 Å². The van der Waals surface area contributed by atoms with Gasteiger partial charge in [0.25, 0.3) is 0 Å². The summed E-state index contributed by atoms with van der Waals surface area (Å²) in [6.45, 7) is 0.360. The summed E-state index contributed by atoms with van der Waals surface area (Å²) in [7, 11) is 1.65. The van der Waals surface area contributed by atoms with Crippen LogP contribution in [0.2, 0.25) is 0 Å². The second-order valence-electron chi connectivity index (χ2n) is 3.32. The molecule has 2 aromatic rings. The molecule has 1 aromatic carbocycles. The molecule has 1 aromatic heterocycles. The smallest absolute Gasteiger partial charge is 0.141 e. The summed E-state index contributed by atoms with van der Waals surface area (Å²) < 4.78 is 5.16. The van der Waals surface area contributed by atoms with Gasteiger partial charge in [0.2, 0.25) is 0 Å². The Morgan fingerprint density at radius 2 is 1.94 bits per heavy atom. The summed E-state index contributed by atoms with van der Waals surface area (Å²) in [5.41, 5.74) is 7.42. The van der Waals surface area contributed by atoms with Crippen molar-refractivity contribution in [1.29, 1.82) is 0 Å². The number of benzene rings is 1. The van der Waals surface area contributed by atoms with E-state index in [1.165, 1.54) is 0 Å². The Hall–Kier alpha value is -1.94. The van der Waals surface area contributed by atoms with E-state index in [9.17, 15) is 0 Å². The highest BCUT2D eigenvalue weighted by Crippen LogP contribution is 2.22. The molecule has 0 bridgehead atoms. The maximum Gasteiger partial charge on any atom is 0.141 e. The number of nitrogens with zero attached hydrogens (tertiary/aromatic N) is 2. The van der Waals surface area contributed by atoms with E-state index in [4.69, 9.17) is 10.5 Å². The van der Waals surface area contributed by atoms with E-state index >= 15 is 0 Å². The minimum atomic E-state index is 0.360. The minimum absolute atomic E-state index is 0.360. The van der Waals surface area contributed by atoms with Gasteiger partial charge >= 0.3 is 0 Å². The lowest BCUT2D eigenvalue weighted by molar-refractivity contribution is 0.415. The maximum atomic E-state index is 5.44. The lowest BCUT2D eigenvalue weighted by atomic mass is 10.1. The predicted molar refractivity (Wildman–Crippen MR) is 61.9 cm³/mol. The molecule has 1 heterocycles. The third-order valence-corrected chi connectivity index (χ3v) is 2.29. The quantitative estimate of drug-likeness (QED) is 0.845. The molecule has 0 radical (unpaired) electrons. The summed E-state index contributed by atoms with van der Waals surface area (Å²) in [6, 6.07) is 7.77. The molecule has 0 saturated heterocycles. The molecule has 16 heavy (non-hydrogen) atoms. The van der Waals surface area contributed by atoms with Crippen LogP contribution in [0.5, 0.6) is 5.75 Å². The van der Waals surface area contributed by atoms with Gasteiger partial charge < -0.3 is 10.5 Å². The van der Waals surface area contributed by atoms with Crippen molar-refractivity contribution >= 4 is 0 Å². The molecule has 4 nitrogen and oxygen atoms in total. The predicted octanol–water partition coefficient (Wildman–Crippen LogP) is 1.61. The average Bonchev–Trinajstić information content (AvgIpc) is 2.39. The Balaban J connectivity index is 2.34. The molecule has 2 rings (SSSR count). The molecule has 0 unspecified atom stereocenters. The largest absolute Gasteiger partial charge is 0.497 e. The SMILES string of the molecule is COc1cccc(-c2cnc(CN)nc2)c1. The number of nitrogens with two attached hydrogens (primary N) is 1. The van der Waals surface area contributed by atoms with Gasteiger partial charge in [0.1, 0.15) is 11.6 Å². The van der Waals surface area contributed by atoms with Crippen molar-refractivity contribution in [2.45, 2.75) is 6.54 Å². The van der Waals surface area contributed by atoms with E-state index in [2.05, 4.69) is 9.97 Å². The fourth-order valence-corrected chi connectivity index (χ4v) is 1.41. The van der Waals surface area contributed by atoms with Gasteiger partial charge in [-0.05, 0) is 17.7 Å². The topological polar surface area (TPSA) is 61.0 Å². The van der Waals surface area contributed by atoms with Crippen LogP contribution in [0, 0.1) is 0 Å². The molecule has 0 aliphatic carbocycles. The molecular weight excluding hydrogens is 202 g/mol. The normalized spacial score (nSPS) is 10.1. The second-order valence-corrected chi connectivity index (χ2v) is 3.32. The minimum Gasteiger partial charge on any atom is -0.497 e. The van der Waals surface area contributed by atoms with Crippen molar-refractivity contribution in [3.63, 3.8) is 0 Å². The van der Waals surface area contributed by atoms with Crippen molar-refractivity contribution in [2.24, 2.45) is 5.73 Å². The van der Waals surface area contributed by atoms with Crippen LogP contribution in [0.15, 0.2) is 36.7 Å². The zero-order valence-corrected chi connectivity index (χ0v) is 9.05. The highest BCUT2D eigenvalue weighted by molar-refractivity contribution is 5.63. The van der Waals surface area contributed by atoms with E-state index in [1.54, 1.807) is 19.5 Å². The first kappa shape index (κ1) is 10.6. The first-order valence-corrected chi connectivity index (χ1v) is 4.99. The van der Waals surface area contributed by atoms with Crippen LogP contribution in [-0.2, 0) is 6.54 Å². The summed E-state index contributed by atoms with van der Waals surface area (Å²) in [5, 5.41) is 0. The Labute approximate surface area is 94.1 Å². The number of methoxy groups -OCH3 is 1. The number of ether oxygens (including phenoxy) is 1. The lowest BCUT2D eigenvalue weighted by Gasteiger charge is -2.04. The molecule has 0 fully saturated rings. The monoisotopic (exact) mass is 215 g/mol. The summed E-state index contributed by atoms with van der Waals surface area (Å²) in [6.07, 6.45) is 3.54. The van der Waals surface area contributed by atoms with E-state index in [0.29, 0.717) is 12.4 Å². The third kappa shape index (κ3) is 2.17. The first-order valence-electron chi connectivity index (χ1n) is 4.99. The van der Waals surface area contributed by atoms with Crippen LogP contribution in [-0.4, -0.2) is 17.1 Å². The molecule has 82 valence electrons. The highest BCUT2D eigenvalue weighted by atomic mass is 16.5. The fourth-order valence-electron chi connectivity index (χ4n) is 1.41. The van der Waals surface area contributed by atoms with Crippen LogP contribution in [0.1, 0.15) is 5.82 Å². The average molecular weight is 215 g/mol. The lowest BCUT2D eigenvalue weighted by Crippen LogP contribution is -2.02. The molecular formula is C12H13N3O. The first-order chi connectivity index (χ1) is 7.83. The van der Waals surface area contributed by atoms with E-state index in [0.717, 1.165) is 16.9 Å².